The van der Waals surface area contributed by atoms with E-state index in [9.17, 15) is 4.79 Å². The first-order valence-corrected chi connectivity index (χ1v) is 6.09. The molecule has 98 valence electrons. The Morgan fingerprint density at radius 3 is 2.95 bits per heavy atom. The minimum atomic E-state index is -0.145. The van der Waals surface area contributed by atoms with Crippen LogP contribution in [-0.4, -0.2) is 18.0 Å². The van der Waals surface area contributed by atoms with E-state index in [4.69, 9.17) is 16.3 Å². The first kappa shape index (κ1) is 13.4. The monoisotopic (exact) mass is 276 g/mol. The third-order valence-corrected chi connectivity index (χ3v) is 2.76. The first-order chi connectivity index (χ1) is 9.19. The van der Waals surface area contributed by atoms with E-state index in [-0.39, 0.29) is 12.3 Å². The zero-order chi connectivity index (χ0) is 13.7. The van der Waals surface area contributed by atoms with Gasteiger partial charge in [0, 0.05) is 17.4 Å². The fourth-order valence-corrected chi connectivity index (χ4v) is 1.83. The standard InChI is InChI=1S/C14H13ClN2O2/c1-19-13-5-4-11(15)8-12(13)17-14(18)7-10-3-2-6-16-9-10/h2-6,8-9H,7H2,1H3,(H,17,18). The van der Waals surface area contributed by atoms with E-state index < -0.39 is 0 Å². The predicted molar refractivity (Wildman–Crippen MR) is 74.6 cm³/mol. The highest BCUT2D eigenvalue weighted by atomic mass is 35.5. The van der Waals surface area contributed by atoms with Crippen molar-refractivity contribution in [2.45, 2.75) is 6.42 Å². The number of benzene rings is 1. The van der Waals surface area contributed by atoms with Crippen LogP contribution in [0.4, 0.5) is 5.69 Å². The van der Waals surface area contributed by atoms with Gasteiger partial charge in [0.05, 0.1) is 19.2 Å². The Bertz CT molecular complexity index is 573. The van der Waals surface area contributed by atoms with Gasteiger partial charge in [0.1, 0.15) is 5.75 Å². The number of pyridine rings is 1. The largest absolute Gasteiger partial charge is 0.495 e. The van der Waals surface area contributed by atoms with Gasteiger partial charge >= 0.3 is 0 Å². The van der Waals surface area contributed by atoms with Gasteiger partial charge in [-0.2, -0.15) is 0 Å². The van der Waals surface area contributed by atoms with E-state index in [1.54, 1.807) is 43.8 Å². The molecular weight excluding hydrogens is 264 g/mol. The van der Waals surface area contributed by atoms with Crippen LogP contribution in [0.2, 0.25) is 5.02 Å². The lowest BCUT2D eigenvalue weighted by molar-refractivity contribution is -0.115. The minimum absolute atomic E-state index is 0.145. The van der Waals surface area contributed by atoms with Gasteiger partial charge in [-0.1, -0.05) is 17.7 Å². The second kappa shape index (κ2) is 6.20. The number of carbonyl (C=O) groups is 1. The van der Waals surface area contributed by atoms with Crippen LogP contribution < -0.4 is 10.1 Å². The van der Waals surface area contributed by atoms with E-state index in [1.807, 2.05) is 6.07 Å². The molecule has 1 heterocycles. The number of halogens is 1. The summed E-state index contributed by atoms with van der Waals surface area (Å²) >= 11 is 5.90. The molecular formula is C14H13ClN2O2. The molecule has 0 aliphatic carbocycles. The summed E-state index contributed by atoms with van der Waals surface area (Å²) in [6.07, 6.45) is 3.58. The van der Waals surface area contributed by atoms with Gasteiger partial charge in [0.15, 0.2) is 0 Å². The Morgan fingerprint density at radius 2 is 2.26 bits per heavy atom. The number of ether oxygens (including phenoxy) is 1. The number of amides is 1. The fraction of sp³-hybridized carbons (Fsp3) is 0.143. The van der Waals surface area contributed by atoms with Crippen molar-refractivity contribution in [1.29, 1.82) is 0 Å². The molecule has 0 aliphatic heterocycles. The molecule has 0 saturated heterocycles. The van der Waals surface area contributed by atoms with Crippen molar-refractivity contribution in [3.05, 3.63) is 53.3 Å². The number of nitrogens with zero attached hydrogens (tertiary/aromatic N) is 1. The Hall–Kier alpha value is -2.07. The van der Waals surface area contributed by atoms with Crippen LogP contribution in [0.3, 0.4) is 0 Å². The molecule has 0 atom stereocenters. The van der Waals surface area contributed by atoms with Gasteiger partial charge in [-0.3, -0.25) is 9.78 Å². The molecule has 1 N–H and O–H groups in total. The number of aromatic nitrogens is 1. The van der Waals surface area contributed by atoms with Crippen LogP contribution in [0.15, 0.2) is 42.7 Å². The number of anilines is 1. The zero-order valence-electron chi connectivity index (χ0n) is 10.4. The summed E-state index contributed by atoms with van der Waals surface area (Å²) in [6, 6.07) is 8.71. The van der Waals surface area contributed by atoms with Crippen molar-refractivity contribution < 1.29 is 9.53 Å². The maximum Gasteiger partial charge on any atom is 0.228 e. The molecule has 1 amide bonds. The fourth-order valence-electron chi connectivity index (χ4n) is 1.66. The summed E-state index contributed by atoms with van der Waals surface area (Å²) in [5, 5.41) is 3.31. The third kappa shape index (κ3) is 3.69. The molecule has 0 radical (unpaired) electrons. The average Bonchev–Trinajstić information content (AvgIpc) is 2.40. The Morgan fingerprint density at radius 1 is 1.42 bits per heavy atom. The molecule has 2 rings (SSSR count). The molecule has 0 bridgehead atoms. The molecule has 1 aromatic heterocycles. The maximum absolute atomic E-state index is 11.9. The van der Waals surface area contributed by atoms with Gasteiger partial charge < -0.3 is 10.1 Å². The van der Waals surface area contributed by atoms with Gasteiger partial charge in [-0.15, -0.1) is 0 Å². The van der Waals surface area contributed by atoms with Crippen LogP contribution in [0.5, 0.6) is 5.75 Å². The second-order valence-corrected chi connectivity index (χ2v) is 4.37. The van der Waals surface area contributed by atoms with Gasteiger partial charge in [-0.25, -0.2) is 0 Å². The van der Waals surface area contributed by atoms with Crippen molar-refractivity contribution in [1.82, 2.24) is 4.98 Å². The first-order valence-electron chi connectivity index (χ1n) is 5.71. The van der Waals surface area contributed by atoms with Crippen molar-refractivity contribution in [2.75, 3.05) is 12.4 Å². The lowest BCUT2D eigenvalue weighted by Gasteiger charge is -2.10. The highest BCUT2D eigenvalue weighted by molar-refractivity contribution is 6.31. The van der Waals surface area contributed by atoms with Crippen LogP contribution >= 0.6 is 11.6 Å². The minimum Gasteiger partial charge on any atom is -0.495 e. The third-order valence-electron chi connectivity index (χ3n) is 2.52. The molecule has 0 saturated carbocycles. The summed E-state index contributed by atoms with van der Waals surface area (Å²) in [6.45, 7) is 0. The summed E-state index contributed by atoms with van der Waals surface area (Å²) in [7, 11) is 1.54. The van der Waals surface area contributed by atoms with Crippen LogP contribution in [0.1, 0.15) is 5.56 Å². The van der Waals surface area contributed by atoms with Crippen molar-refractivity contribution >= 4 is 23.2 Å². The topological polar surface area (TPSA) is 51.2 Å². The normalized spacial score (nSPS) is 10.0. The van der Waals surface area contributed by atoms with Crippen molar-refractivity contribution in [3.63, 3.8) is 0 Å². The number of carbonyl (C=O) groups excluding carboxylic acids is 1. The summed E-state index contributed by atoms with van der Waals surface area (Å²) < 4.78 is 5.17. The van der Waals surface area contributed by atoms with Crippen LogP contribution in [0, 0.1) is 0 Å². The van der Waals surface area contributed by atoms with E-state index >= 15 is 0 Å². The van der Waals surface area contributed by atoms with Crippen molar-refractivity contribution in [2.24, 2.45) is 0 Å². The SMILES string of the molecule is COc1ccc(Cl)cc1NC(=O)Cc1cccnc1. The van der Waals surface area contributed by atoms with Crippen LogP contribution in [0.25, 0.3) is 0 Å². The molecule has 0 aliphatic rings. The second-order valence-electron chi connectivity index (χ2n) is 3.93. The Kier molecular flexibility index (Phi) is 4.36. The number of rotatable bonds is 4. The molecule has 19 heavy (non-hydrogen) atoms. The molecule has 2 aromatic rings. The number of methoxy groups -OCH3 is 1. The summed E-state index contributed by atoms with van der Waals surface area (Å²) in [4.78, 5) is 15.9. The van der Waals surface area contributed by atoms with Gasteiger partial charge in [-0.05, 0) is 29.8 Å². The predicted octanol–water partition coefficient (Wildman–Crippen LogP) is 2.92. The van der Waals surface area contributed by atoms with Crippen molar-refractivity contribution in [3.8, 4) is 5.75 Å². The molecule has 1 aromatic carbocycles. The van der Waals surface area contributed by atoms with E-state index in [0.717, 1.165) is 5.56 Å². The lowest BCUT2D eigenvalue weighted by atomic mass is 10.2. The zero-order valence-corrected chi connectivity index (χ0v) is 11.1. The summed E-state index contributed by atoms with van der Waals surface area (Å²) in [5.41, 5.74) is 1.41. The number of nitrogens with one attached hydrogen (secondary N) is 1. The van der Waals surface area contributed by atoms with E-state index in [2.05, 4.69) is 10.3 Å². The summed E-state index contributed by atoms with van der Waals surface area (Å²) in [5.74, 6) is 0.428. The average molecular weight is 277 g/mol. The maximum atomic E-state index is 11.9. The van der Waals surface area contributed by atoms with Gasteiger partial charge in [0.25, 0.3) is 0 Å². The van der Waals surface area contributed by atoms with Crippen LogP contribution in [-0.2, 0) is 11.2 Å². The molecule has 0 spiro atoms. The highest BCUT2D eigenvalue weighted by Crippen LogP contribution is 2.27. The lowest BCUT2D eigenvalue weighted by Crippen LogP contribution is -2.15. The number of hydrogen-bond donors (Lipinski definition) is 1. The molecule has 5 heteroatoms. The van der Waals surface area contributed by atoms with Gasteiger partial charge in [0.2, 0.25) is 5.91 Å². The molecule has 0 unspecified atom stereocenters. The van der Waals surface area contributed by atoms with E-state index in [0.29, 0.717) is 16.5 Å². The molecule has 0 fully saturated rings. The Balaban J connectivity index is 2.09. The highest BCUT2D eigenvalue weighted by Gasteiger charge is 2.09. The molecule has 4 nitrogen and oxygen atoms in total. The van der Waals surface area contributed by atoms with E-state index in [1.165, 1.54) is 0 Å². The Labute approximate surface area is 116 Å². The smallest absolute Gasteiger partial charge is 0.228 e. The quantitative estimate of drug-likeness (QED) is 0.934. The number of hydrogen-bond acceptors (Lipinski definition) is 3.